The van der Waals surface area contributed by atoms with E-state index >= 15 is 0 Å². The Labute approximate surface area is 60.9 Å². The lowest BCUT2D eigenvalue weighted by atomic mass is 10.2. The highest BCUT2D eigenvalue weighted by atomic mass is 19.1. The molecule has 56 valence electrons. The summed E-state index contributed by atoms with van der Waals surface area (Å²) in [6.45, 7) is 8.51. The zero-order valence-electron chi connectivity index (χ0n) is 6.37. The number of hydrogen-bond donors (Lipinski definition) is 1. The molecule has 0 aliphatic carbocycles. The molecule has 0 aliphatic rings. The fraction of sp³-hybridized carbons (Fsp3) is 0.250. The van der Waals surface area contributed by atoms with Crippen molar-refractivity contribution in [2.24, 2.45) is 0 Å². The standard InChI is InChI=1S/C8H12FN/c1-6(5-7(2)9)8(3)10-4/h5,10H,2-3H2,1,4H3/b6-5-. The fourth-order valence-electron chi connectivity index (χ4n) is 0.519. The van der Waals surface area contributed by atoms with Gasteiger partial charge in [-0.05, 0) is 18.6 Å². The molecule has 0 aromatic heterocycles. The normalized spacial score (nSPS) is 10.9. The minimum absolute atomic E-state index is 0.450. The van der Waals surface area contributed by atoms with E-state index in [1.807, 2.05) is 0 Å². The first-order valence-corrected chi connectivity index (χ1v) is 2.97. The van der Waals surface area contributed by atoms with Crippen molar-refractivity contribution in [1.29, 1.82) is 0 Å². The van der Waals surface area contributed by atoms with E-state index in [1.165, 1.54) is 6.08 Å². The molecule has 0 aromatic rings. The molecule has 0 saturated carbocycles. The van der Waals surface area contributed by atoms with Crippen molar-refractivity contribution in [3.8, 4) is 0 Å². The van der Waals surface area contributed by atoms with E-state index in [-0.39, 0.29) is 0 Å². The predicted octanol–water partition coefficient (Wildman–Crippen LogP) is 2.15. The highest BCUT2D eigenvalue weighted by Gasteiger charge is 1.92. The average Bonchev–Trinajstić information content (AvgIpc) is 1.85. The second-order valence-electron chi connectivity index (χ2n) is 2.00. The van der Waals surface area contributed by atoms with Gasteiger partial charge in [0.1, 0.15) is 5.83 Å². The molecule has 10 heavy (non-hydrogen) atoms. The maximum atomic E-state index is 12.1. The maximum absolute atomic E-state index is 12.1. The minimum Gasteiger partial charge on any atom is -0.388 e. The van der Waals surface area contributed by atoms with Crippen molar-refractivity contribution in [3.05, 3.63) is 36.3 Å². The third-order valence-corrected chi connectivity index (χ3v) is 1.15. The van der Waals surface area contributed by atoms with Gasteiger partial charge in [-0.25, -0.2) is 4.39 Å². The molecule has 0 fully saturated rings. The molecule has 0 atom stereocenters. The number of allylic oxidation sites excluding steroid dienone is 3. The number of nitrogens with one attached hydrogen (secondary N) is 1. The van der Waals surface area contributed by atoms with Crippen LogP contribution in [0.4, 0.5) is 4.39 Å². The largest absolute Gasteiger partial charge is 0.388 e. The SMILES string of the molecule is C=C(F)/C=C(/C)C(=C)NC. The Morgan fingerprint density at radius 2 is 2.00 bits per heavy atom. The summed E-state index contributed by atoms with van der Waals surface area (Å²) in [7, 11) is 1.74. The first kappa shape index (κ1) is 8.95. The van der Waals surface area contributed by atoms with Crippen LogP contribution in [0, 0.1) is 0 Å². The number of rotatable bonds is 3. The van der Waals surface area contributed by atoms with E-state index in [9.17, 15) is 4.39 Å². The van der Waals surface area contributed by atoms with E-state index in [0.29, 0.717) is 5.70 Å². The molecule has 0 aliphatic heterocycles. The molecule has 0 unspecified atom stereocenters. The Bertz CT molecular complexity index is 180. The van der Waals surface area contributed by atoms with E-state index in [4.69, 9.17) is 0 Å². The van der Waals surface area contributed by atoms with Crippen LogP contribution in [0.5, 0.6) is 0 Å². The first-order valence-electron chi connectivity index (χ1n) is 2.97. The van der Waals surface area contributed by atoms with Gasteiger partial charge in [-0.1, -0.05) is 13.2 Å². The average molecular weight is 141 g/mol. The van der Waals surface area contributed by atoms with Crippen molar-refractivity contribution in [2.75, 3.05) is 7.05 Å². The summed E-state index contributed by atoms with van der Waals surface area (Å²) >= 11 is 0. The van der Waals surface area contributed by atoms with Crippen molar-refractivity contribution >= 4 is 0 Å². The first-order chi connectivity index (χ1) is 4.57. The quantitative estimate of drug-likeness (QED) is 0.594. The Balaban J connectivity index is 4.19. The van der Waals surface area contributed by atoms with Crippen LogP contribution in [0.1, 0.15) is 6.92 Å². The number of likely N-dealkylation sites (N-methyl/N-ethyl adjacent to an activating group) is 1. The summed E-state index contributed by atoms with van der Waals surface area (Å²) in [5.74, 6) is -0.450. The van der Waals surface area contributed by atoms with Gasteiger partial charge in [-0.3, -0.25) is 0 Å². The van der Waals surface area contributed by atoms with Crippen LogP contribution < -0.4 is 5.32 Å². The van der Waals surface area contributed by atoms with Gasteiger partial charge in [-0.2, -0.15) is 0 Å². The topological polar surface area (TPSA) is 12.0 Å². The lowest BCUT2D eigenvalue weighted by molar-refractivity contribution is 0.669. The molecule has 0 heterocycles. The predicted molar refractivity (Wildman–Crippen MR) is 42.2 cm³/mol. The summed E-state index contributed by atoms with van der Waals surface area (Å²) in [6.07, 6.45) is 1.33. The minimum atomic E-state index is -0.450. The van der Waals surface area contributed by atoms with Crippen LogP contribution in [-0.4, -0.2) is 7.05 Å². The lowest BCUT2D eigenvalue weighted by Crippen LogP contribution is -2.04. The van der Waals surface area contributed by atoms with Crippen molar-refractivity contribution in [2.45, 2.75) is 6.92 Å². The third kappa shape index (κ3) is 3.07. The van der Waals surface area contributed by atoms with Gasteiger partial charge in [0.05, 0.1) is 0 Å². The van der Waals surface area contributed by atoms with Gasteiger partial charge in [-0.15, -0.1) is 0 Å². The fourth-order valence-corrected chi connectivity index (χ4v) is 0.519. The lowest BCUT2D eigenvalue weighted by Gasteiger charge is -2.02. The maximum Gasteiger partial charge on any atom is 0.116 e. The summed E-state index contributed by atoms with van der Waals surface area (Å²) in [6, 6.07) is 0. The van der Waals surface area contributed by atoms with Gasteiger partial charge < -0.3 is 5.32 Å². The Morgan fingerprint density at radius 3 is 2.30 bits per heavy atom. The second-order valence-corrected chi connectivity index (χ2v) is 2.00. The molecule has 0 bridgehead atoms. The molecule has 0 saturated heterocycles. The molecule has 2 heteroatoms. The van der Waals surface area contributed by atoms with Crippen LogP contribution >= 0.6 is 0 Å². The highest BCUT2D eigenvalue weighted by molar-refractivity contribution is 5.29. The van der Waals surface area contributed by atoms with E-state index in [2.05, 4.69) is 18.5 Å². The molecule has 1 N–H and O–H groups in total. The molecule has 0 spiro atoms. The van der Waals surface area contributed by atoms with Gasteiger partial charge in [0.25, 0.3) is 0 Å². The van der Waals surface area contributed by atoms with Gasteiger partial charge in [0.15, 0.2) is 0 Å². The van der Waals surface area contributed by atoms with Crippen LogP contribution in [0.3, 0.4) is 0 Å². The van der Waals surface area contributed by atoms with Gasteiger partial charge in [0.2, 0.25) is 0 Å². The highest BCUT2D eigenvalue weighted by Crippen LogP contribution is 2.06. The Morgan fingerprint density at radius 1 is 1.50 bits per heavy atom. The number of hydrogen-bond acceptors (Lipinski definition) is 1. The summed E-state index contributed by atoms with van der Waals surface area (Å²) in [4.78, 5) is 0. The zero-order chi connectivity index (χ0) is 8.15. The summed E-state index contributed by atoms with van der Waals surface area (Å²) < 4.78 is 12.1. The molecule has 0 radical (unpaired) electrons. The second kappa shape index (κ2) is 3.88. The van der Waals surface area contributed by atoms with Crippen LogP contribution in [0.2, 0.25) is 0 Å². The smallest absolute Gasteiger partial charge is 0.116 e. The van der Waals surface area contributed by atoms with Crippen LogP contribution in [0.15, 0.2) is 36.3 Å². The Kier molecular flexibility index (Phi) is 3.47. The summed E-state index contributed by atoms with van der Waals surface area (Å²) in [5.41, 5.74) is 1.47. The van der Waals surface area contributed by atoms with Crippen molar-refractivity contribution in [1.82, 2.24) is 5.32 Å². The van der Waals surface area contributed by atoms with E-state index in [0.717, 1.165) is 5.57 Å². The van der Waals surface area contributed by atoms with Gasteiger partial charge >= 0.3 is 0 Å². The molecule has 0 amide bonds. The molecular formula is C8H12FN. The third-order valence-electron chi connectivity index (χ3n) is 1.15. The van der Waals surface area contributed by atoms with E-state index in [1.54, 1.807) is 14.0 Å². The van der Waals surface area contributed by atoms with Gasteiger partial charge in [0, 0.05) is 12.7 Å². The molecule has 0 rings (SSSR count). The van der Waals surface area contributed by atoms with Crippen molar-refractivity contribution < 1.29 is 4.39 Å². The van der Waals surface area contributed by atoms with E-state index < -0.39 is 5.83 Å². The van der Waals surface area contributed by atoms with Crippen LogP contribution in [0.25, 0.3) is 0 Å². The monoisotopic (exact) mass is 141 g/mol. The van der Waals surface area contributed by atoms with Crippen LogP contribution in [-0.2, 0) is 0 Å². The zero-order valence-corrected chi connectivity index (χ0v) is 6.37. The summed E-state index contributed by atoms with van der Waals surface area (Å²) in [5, 5.41) is 2.80. The molecular weight excluding hydrogens is 129 g/mol. The molecule has 1 nitrogen and oxygen atoms in total. The Hall–Kier alpha value is -1.05. The van der Waals surface area contributed by atoms with Crippen molar-refractivity contribution in [3.63, 3.8) is 0 Å². The molecule has 0 aromatic carbocycles. The number of halogens is 1.